The molecule has 16 heavy (non-hydrogen) atoms. The lowest BCUT2D eigenvalue weighted by Crippen LogP contribution is -2.52. The molecule has 0 unspecified atom stereocenters. The number of carbonyl (C=O) groups excluding carboxylic acids is 2. The van der Waals surface area contributed by atoms with Crippen LogP contribution in [-0.4, -0.2) is 24.9 Å². The molecule has 1 fully saturated rings. The van der Waals surface area contributed by atoms with E-state index in [0.29, 0.717) is 13.1 Å². The van der Waals surface area contributed by atoms with Crippen molar-refractivity contribution in [2.24, 2.45) is 0 Å². The standard InChI is InChI=1S/C12H14N2O2/c1-2-9-5-3-4-6-10(9)14-8-7-13-11(15)12(14)16/h3-6H,2,7-8H2,1H3,(H,13,15). The van der Waals surface area contributed by atoms with Crippen molar-refractivity contribution in [2.45, 2.75) is 13.3 Å². The maximum atomic E-state index is 11.7. The Morgan fingerprint density at radius 2 is 2.06 bits per heavy atom. The SMILES string of the molecule is CCc1ccccc1N1CCNC(=O)C1=O. The molecule has 1 aromatic rings. The van der Waals surface area contributed by atoms with Gasteiger partial charge in [0.1, 0.15) is 0 Å². The summed E-state index contributed by atoms with van der Waals surface area (Å²) in [5.74, 6) is -0.982. The van der Waals surface area contributed by atoms with Crippen LogP contribution in [0.25, 0.3) is 0 Å². The van der Waals surface area contributed by atoms with E-state index < -0.39 is 11.8 Å². The third-order valence-electron chi connectivity index (χ3n) is 2.72. The molecule has 1 N–H and O–H groups in total. The molecule has 2 amide bonds. The maximum Gasteiger partial charge on any atom is 0.316 e. The Labute approximate surface area is 94.2 Å². The van der Waals surface area contributed by atoms with Gasteiger partial charge in [-0.3, -0.25) is 9.59 Å². The summed E-state index contributed by atoms with van der Waals surface area (Å²) < 4.78 is 0. The second-order valence-electron chi connectivity index (χ2n) is 3.69. The first-order valence-electron chi connectivity index (χ1n) is 5.41. The van der Waals surface area contributed by atoms with Gasteiger partial charge in [0.25, 0.3) is 0 Å². The average molecular weight is 218 g/mol. The van der Waals surface area contributed by atoms with Gasteiger partial charge in [-0.2, -0.15) is 0 Å². The zero-order valence-corrected chi connectivity index (χ0v) is 9.19. The monoisotopic (exact) mass is 218 g/mol. The highest BCUT2D eigenvalue weighted by molar-refractivity contribution is 6.41. The lowest BCUT2D eigenvalue weighted by Gasteiger charge is -2.28. The summed E-state index contributed by atoms with van der Waals surface area (Å²) in [6.45, 7) is 3.09. The van der Waals surface area contributed by atoms with Gasteiger partial charge in [0.05, 0.1) is 0 Å². The van der Waals surface area contributed by atoms with E-state index >= 15 is 0 Å². The number of para-hydroxylation sites is 1. The van der Waals surface area contributed by atoms with Crippen LogP contribution in [0.1, 0.15) is 12.5 Å². The fourth-order valence-electron chi connectivity index (χ4n) is 1.88. The maximum absolute atomic E-state index is 11.7. The number of hydrogen-bond acceptors (Lipinski definition) is 2. The van der Waals surface area contributed by atoms with E-state index in [9.17, 15) is 9.59 Å². The lowest BCUT2D eigenvalue weighted by molar-refractivity contribution is -0.138. The Bertz CT molecular complexity index is 429. The Balaban J connectivity index is 2.35. The molecule has 4 nitrogen and oxygen atoms in total. The molecule has 4 heteroatoms. The molecule has 1 aromatic carbocycles. The first kappa shape index (κ1) is 10.7. The minimum Gasteiger partial charge on any atom is -0.346 e. The van der Waals surface area contributed by atoms with Crippen LogP contribution in [0.2, 0.25) is 0 Å². The van der Waals surface area contributed by atoms with E-state index in [4.69, 9.17) is 0 Å². The number of nitrogens with zero attached hydrogens (tertiary/aromatic N) is 1. The van der Waals surface area contributed by atoms with Gasteiger partial charge in [-0.15, -0.1) is 0 Å². The zero-order valence-electron chi connectivity index (χ0n) is 9.19. The average Bonchev–Trinajstić information content (AvgIpc) is 2.33. The molecule has 1 aliphatic heterocycles. The number of hydrogen-bond donors (Lipinski definition) is 1. The van der Waals surface area contributed by atoms with Crippen molar-refractivity contribution in [1.82, 2.24) is 5.32 Å². The van der Waals surface area contributed by atoms with Crippen molar-refractivity contribution in [3.05, 3.63) is 29.8 Å². The number of nitrogens with one attached hydrogen (secondary N) is 1. The van der Waals surface area contributed by atoms with Gasteiger partial charge in [-0.25, -0.2) is 0 Å². The van der Waals surface area contributed by atoms with E-state index in [0.717, 1.165) is 17.7 Å². The fourth-order valence-corrected chi connectivity index (χ4v) is 1.88. The number of anilines is 1. The van der Waals surface area contributed by atoms with Gasteiger partial charge in [-0.1, -0.05) is 25.1 Å². The van der Waals surface area contributed by atoms with Gasteiger partial charge in [0, 0.05) is 18.8 Å². The Morgan fingerprint density at radius 3 is 2.81 bits per heavy atom. The second-order valence-corrected chi connectivity index (χ2v) is 3.69. The molecule has 1 saturated heterocycles. The zero-order chi connectivity index (χ0) is 11.5. The van der Waals surface area contributed by atoms with Crippen LogP contribution < -0.4 is 10.2 Å². The van der Waals surface area contributed by atoms with Crippen LogP contribution in [0.3, 0.4) is 0 Å². The number of amides is 2. The normalized spacial score (nSPS) is 16.2. The molecule has 0 atom stereocenters. The number of benzene rings is 1. The second kappa shape index (κ2) is 4.35. The molecule has 0 saturated carbocycles. The van der Waals surface area contributed by atoms with Gasteiger partial charge >= 0.3 is 11.8 Å². The van der Waals surface area contributed by atoms with Gasteiger partial charge in [0.15, 0.2) is 0 Å². The van der Waals surface area contributed by atoms with Crippen molar-refractivity contribution in [3.8, 4) is 0 Å². The number of piperazine rings is 1. The molecule has 0 bridgehead atoms. The van der Waals surface area contributed by atoms with E-state index in [-0.39, 0.29) is 0 Å². The van der Waals surface area contributed by atoms with E-state index in [2.05, 4.69) is 5.32 Å². The van der Waals surface area contributed by atoms with Crippen LogP contribution in [0.4, 0.5) is 5.69 Å². The molecule has 1 aliphatic rings. The highest BCUT2D eigenvalue weighted by Crippen LogP contribution is 2.21. The summed E-state index contributed by atoms with van der Waals surface area (Å²) in [6, 6.07) is 7.69. The quantitative estimate of drug-likeness (QED) is 0.743. The van der Waals surface area contributed by atoms with Crippen LogP contribution >= 0.6 is 0 Å². The number of aryl methyl sites for hydroxylation is 1. The van der Waals surface area contributed by atoms with Crippen molar-refractivity contribution in [3.63, 3.8) is 0 Å². The summed E-state index contributed by atoms with van der Waals surface area (Å²) in [5, 5.41) is 2.54. The molecule has 84 valence electrons. The Morgan fingerprint density at radius 1 is 1.31 bits per heavy atom. The molecule has 1 heterocycles. The van der Waals surface area contributed by atoms with Crippen LogP contribution in [0, 0.1) is 0 Å². The molecule has 2 rings (SSSR count). The molecular formula is C12H14N2O2. The van der Waals surface area contributed by atoms with Gasteiger partial charge in [0.2, 0.25) is 0 Å². The first-order chi connectivity index (χ1) is 7.74. The first-order valence-corrected chi connectivity index (χ1v) is 5.41. The highest BCUT2D eigenvalue weighted by atomic mass is 16.2. The molecular weight excluding hydrogens is 204 g/mol. The Hall–Kier alpha value is -1.84. The topological polar surface area (TPSA) is 49.4 Å². The van der Waals surface area contributed by atoms with Gasteiger partial charge in [-0.05, 0) is 18.1 Å². The van der Waals surface area contributed by atoms with E-state index in [1.165, 1.54) is 0 Å². The lowest BCUT2D eigenvalue weighted by atomic mass is 10.1. The molecule has 0 aromatic heterocycles. The van der Waals surface area contributed by atoms with Crippen molar-refractivity contribution in [1.29, 1.82) is 0 Å². The minimum atomic E-state index is -0.517. The predicted octanol–water partition coefficient (Wildman–Crippen LogP) is 0.712. The number of carbonyl (C=O) groups is 2. The molecule has 0 aliphatic carbocycles. The summed E-state index contributed by atoms with van der Waals surface area (Å²) in [4.78, 5) is 24.5. The molecule has 0 radical (unpaired) electrons. The van der Waals surface area contributed by atoms with Crippen molar-refractivity contribution in [2.75, 3.05) is 18.0 Å². The summed E-state index contributed by atoms with van der Waals surface area (Å²) in [7, 11) is 0. The third-order valence-corrected chi connectivity index (χ3v) is 2.72. The molecule has 0 spiro atoms. The van der Waals surface area contributed by atoms with E-state index in [1.54, 1.807) is 4.90 Å². The minimum absolute atomic E-state index is 0.466. The Kier molecular flexibility index (Phi) is 2.90. The fraction of sp³-hybridized carbons (Fsp3) is 0.333. The summed E-state index contributed by atoms with van der Waals surface area (Å²) in [5.41, 5.74) is 1.94. The largest absolute Gasteiger partial charge is 0.346 e. The third kappa shape index (κ3) is 1.78. The van der Waals surface area contributed by atoms with Crippen molar-refractivity contribution < 1.29 is 9.59 Å². The van der Waals surface area contributed by atoms with Crippen LogP contribution in [0.15, 0.2) is 24.3 Å². The van der Waals surface area contributed by atoms with E-state index in [1.807, 2.05) is 31.2 Å². The van der Waals surface area contributed by atoms with Crippen molar-refractivity contribution >= 4 is 17.5 Å². The summed E-state index contributed by atoms with van der Waals surface area (Å²) in [6.07, 6.45) is 0.849. The highest BCUT2D eigenvalue weighted by Gasteiger charge is 2.27. The van der Waals surface area contributed by atoms with Gasteiger partial charge < -0.3 is 10.2 Å². The van der Waals surface area contributed by atoms with Crippen LogP contribution in [0.5, 0.6) is 0 Å². The predicted molar refractivity (Wildman–Crippen MR) is 61.2 cm³/mol. The number of rotatable bonds is 2. The van der Waals surface area contributed by atoms with Crippen LogP contribution in [-0.2, 0) is 16.0 Å². The smallest absolute Gasteiger partial charge is 0.316 e. The summed E-state index contributed by atoms with van der Waals surface area (Å²) >= 11 is 0.